The molecule has 0 saturated heterocycles. The first kappa shape index (κ1) is 8.59. The fraction of sp³-hybridized carbons (Fsp3) is 0.222. The Morgan fingerprint density at radius 3 is 2.92 bits per heavy atom. The van der Waals surface area contributed by atoms with E-state index in [4.69, 9.17) is 5.73 Å². The van der Waals surface area contributed by atoms with Gasteiger partial charge in [0.1, 0.15) is 16.3 Å². The Balaban J connectivity index is 2.68. The van der Waals surface area contributed by atoms with Crippen LogP contribution in [0.1, 0.15) is 18.0 Å². The van der Waals surface area contributed by atoms with Crippen molar-refractivity contribution >= 4 is 21.6 Å². The van der Waals surface area contributed by atoms with Crippen molar-refractivity contribution in [1.29, 1.82) is 0 Å². The maximum atomic E-state index is 13.2. The van der Waals surface area contributed by atoms with Gasteiger partial charge in [0.05, 0.1) is 10.7 Å². The van der Waals surface area contributed by atoms with Crippen LogP contribution in [0.4, 0.5) is 4.39 Å². The molecule has 2 rings (SSSR count). The Morgan fingerprint density at radius 1 is 1.54 bits per heavy atom. The molecule has 0 saturated carbocycles. The molecule has 0 amide bonds. The smallest absolute Gasteiger partial charge is 0.150 e. The molecule has 2 N–H and O–H groups in total. The van der Waals surface area contributed by atoms with Crippen molar-refractivity contribution < 1.29 is 4.39 Å². The van der Waals surface area contributed by atoms with Crippen molar-refractivity contribution in [3.05, 3.63) is 29.0 Å². The highest BCUT2D eigenvalue weighted by molar-refractivity contribution is 7.18. The zero-order valence-electron chi connectivity index (χ0n) is 7.12. The number of nitrogens with zero attached hydrogens (tertiary/aromatic N) is 1. The summed E-state index contributed by atoms with van der Waals surface area (Å²) in [5.41, 5.74) is 6.08. The zero-order chi connectivity index (χ0) is 9.42. The van der Waals surface area contributed by atoms with Gasteiger partial charge in [0.15, 0.2) is 0 Å². The van der Waals surface area contributed by atoms with Crippen molar-refractivity contribution in [3.8, 4) is 0 Å². The fourth-order valence-electron chi connectivity index (χ4n) is 1.13. The first-order valence-corrected chi connectivity index (χ1v) is 4.80. The van der Waals surface area contributed by atoms with Crippen molar-refractivity contribution in [2.45, 2.75) is 13.0 Å². The lowest BCUT2D eigenvalue weighted by Gasteiger charge is -1.95. The van der Waals surface area contributed by atoms with Crippen molar-refractivity contribution in [2.24, 2.45) is 5.73 Å². The van der Waals surface area contributed by atoms with E-state index in [1.165, 1.54) is 17.4 Å². The number of rotatable bonds is 1. The van der Waals surface area contributed by atoms with Crippen LogP contribution in [0, 0.1) is 5.82 Å². The van der Waals surface area contributed by atoms with Crippen LogP contribution in [-0.4, -0.2) is 4.98 Å². The van der Waals surface area contributed by atoms with Gasteiger partial charge in [-0.05, 0) is 19.1 Å². The number of fused-ring (bicyclic) bond motifs is 1. The molecular weight excluding hydrogens is 187 g/mol. The van der Waals surface area contributed by atoms with Gasteiger partial charge in [-0.15, -0.1) is 11.3 Å². The van der Waals surface area contributed by atoms with Gasteiger partial charge in [-0.1, -0.05) is 6.07 Å². The van der Waals surface area contributed by atoms with Gasteiger partial charge in [-0.25, -0.2) is 9.37 Å². The number of thiazole rings is 1. The van der Waals surface area contributed by atoms with E-state index in [9.17, 15) is 4.39 Å². The third kappa shape index (κ3) is 1.43. The maximum Gasteiger partial charge on any atom is 0.150 e. The SMILES string of the molecule is C[C@H](N)c1nc2c(F)cccc2s1. The molecule has 0 bridgehead atoms. The Morgan fingerprint density at radius 2 is 2.31 bits per heavy atom. The van der Waals surface area contributed by atoms with E-state index in [1.807, 2.05) is 13.0 Å². The number of hydrogen-bond acceptors (Lipinski definition) is 3. The normalized spacial score (nSPS) is 13.5. The minimum absolute atomic E-state index is 0.128. The average Bonchev–Trinajstić information content (AvgIpc) is 2.49. The highest BCUT2D eigenvalue weighted by Crippen LogP contribution is 2.26. The van der Waals surface area contributed by atoms with Crippen LogP contribution in [0.5, 0.6) is 0 Å². The summed E-state index contributed by atoms with van der Waals surface area (Å²) in [4.78, 5) is 4.13. The van der Waals surface area contributed by atoms with Crippen molar-refractivity contribution in [2.75, 3.05) is 0 Å². The second-order valence-electron chi connectivity index (χ2n) is 2.93. The van der Waals surface area contributed by atoms with Crippen LogP contribution in [0.2, 0.25) is 0 Å². The molecule has 0 radical (unpaired) electrons. The minimum Gasteiger partial charge on any atom is -0.322 e. The number of nitrogens with two attached hydrogens (primary N) is 1. The molecule has 0 unspecified atom stereocenters. The van der Waals surface area contributed by atoms with E-state index in [0.29, 0.717) is 5.52 Å². The van der Waals surface area contributed by atoms with Crippen LogP contribution >= 0.6 is 11.3 Å². The predicted molar refractivity (Wildman–Crippen MR) is 52.2 cm³/mol. The average molecular weight is 196 g/mol. The van der Waals surface area contributed by atoms with Crippen LogP contribution in [0.25, 0.3) is 10.2 Å². The molecule has 2 aromatic rings. The van der Waals surface area contributed by atoms with Crippen LogP contribution in [0.3, 0.4) is 0 Å². The van der Waals surface area contributed by atoms with Gasteiger partial charge < -0.3 is 5.73 Å². The Kier molecular flexibility index (Phi) is 2.01. The molecule has 0 spiro atoms. The maximum absolute atomic E-state index is 13.2. The lowest BCUT2D eigenvalue weighted by molar-refractivity contribution is 0.636. The number of para-hydroxylation sites is 1. The molecule has 4 heteroatoms. The Hall–Kier alpha value is -1.000. The van der Waals surface area contributed by atoms with E-state index >= 15 is 0 Å². The fourth-order valence-corrected chi connectivity index (χ4v) is 2.06. The van der Waals surface area contributed by atoms with E-state index in [-0.39, 0.29) is 11.9 Å². The molecule has 2 nitrogen and oxygen atoms in total. The molecule has 0 fully saturated rings. The Bertz CT molecular complexity index is 436. The summed E-state index contributed by atoms with van der Waals surface area (Å²) in [6, 6.07) is 4.81. The van der Waals surface area contributed by atoms with Crippen molar-refractivity contribution in [3.63, 3.8) is 0 Å². The highest BCUT2D eigenvalue weighted by Gasteiger charge is 2.09. The molecule has 1 heterocycles. The molecule has 68 valence electrons. The van der Waals surface area contributed by atoms with E-state index < -0.39 is 0 Å². The topological polar surface area (TPSA) is 38.9 Å². The van der Waals surface area contributed by atoms with E-state index in [1.54, 1.807) is 6.07 Å². The molecule has 0 aliphatic rings. The zero-order valence-corrected chi connectivity index (χ0v) is 7.94. The number of halogens is 1. The third-order valence-electron chi connectivity index (χ3n) is 1.78. The largest absolute Gasteiger partial charge is 0.322 e. The van der Waals surface area contributed by atoms with Crippen LogP contribution in [0.15, 0.2) is 18.2 Å². The number of hydrogen-bond donors (Lipinski definition) is 1. The number of benzene rings is 1. The summed E-state index contributed by atoms with van der Waals surface area (Å²) in [6.07, 6.45) is 0. The molecular formula is C9H9FN2S. The van der Waals surface area contributed by atoms with Crippen molar-refractivity contribution in [1.82, 2.24) is 4.98 Å². The van der Waals surface area contributed by atoms with E-state index in [0.717, 1.165) is 9.71 Å². The van der Waals surface area contributed by atoms with Crippen LogP contribution in [-0.2, 0) is 0 Å². The number of aromatic nitrogens is 1. The summed E-state index contributed by atoms with van der Waals surface area (Å²) in [5, 5.41) is 0.778. The van der Waals surface area contributed by atoms with Crippen LogP contribution < -0.4 is 5.73 Å². The quantitative estimate of drug-likeness (QED) is 0.760. The van der Waals surface area contributed by atoms with Gasteiger partial charge in [-0.2, -0.15) is 0 Å². The molecule has 0 aliphatic carbocycles. The molecule has 1 atom stereocenters. The molecule has 13 heavy (non-hydrogen) atoms. The standard InChI is InChI=1S/C9H9FN2S/c1-5(11)9-12-8-6(10)3-2-4-7(8)13-9/h2-5H,11H2,1H3/t5-/m0/s1. The molecule has 1 aromatic heterocycles. The highest BCUT2D eigenvalue weighted by atomic mass is 32.1. The molecule has 0 aliphatic heterocycles. The predicted octanol–water partition coefficient (Wildman–Crippen LogP) is 2.46. The monoisotopic (exact) mass is 196 g/mol. The summed E-state index contributed by atoms with van der Waals surface area (Å²) in [5.74, 6) is -0.277. The van der Waals surface area contributed by atoms with Gasteiger partial charge >= 0.3 is 0 Å². The third-order valence-corrected chi connectivity index (χ3v) is 3.00. The summed E-state index contributed by atoms with van der Waals surface area (Å²) < 4.78 is 14.0. The first-order chi connectivity index (χ1) is 6.18. The van der Waals surface area contributed by atoms with Gasteiger partial charge in [0.2, 0.25) is 0 Å². The molecule has 1 aromatic carbocycles. The van der Waals surface area contributed by atoms with Gasteiger partial charge in [0.25, 0.3) is 0 Å². The lowest BCUT2D eigenvalue weighted by Crippen LogP contribution is -2.03. The lowest BCUT2D eigenvalue weighted by atomic mass is 10.3. The second-order valence-corrected chi connectivity index (χ2v) is 3.99. The van der Waals surface area contributed by atoms with E-state index in [2.05, 4.69) is 4.98 Å². The van der Waals surface area contributed by atoms with Gasteiger partial charge in [0, 0.05) is 0 Å². The minimum atomic E-state index is -0.277. The summed E-state index contributed by atoms with van der Waals surface area (Å²) >= 11 is 1.44. The van der Waals surface area contributed by atoms with Gasteiger partial charge in [-0.3, -0.25) is 0 Å². The first-order valence-electron chi connectivity index (χ1n) is 3.99. The summed E-state index contributed by atoms with van der Waals surface area (Å²) in [6.45, 7) is 1.84. The second kappa shape index (κ2) is 3.05. The summed E-state index contributed by atoms with van der Waals surface area (Å²) in [7, 11) is 0. The Labute approximate surface area is 79.2 Å².